The maximum absolute atomic E-state index is 13.0. The number of ether oxygens (including phenoxy) is 1. The van der Waals surface area contributed by atoms with Crippen LogP contribution in [0.2, 0.25) is 0 Å². The summed E-state index contributed by atoms with van der Waals surface area (Å²) in [6.07, 6.45) is 0.982. The lowest BCUT2D eigenvalue weighted by atomic mass is 10.0. The third-order valence-electron chi connectivity index (χ3n) is 4.52. The highest BCUT2D eigenvalue weighted by atomic mass is 32.2. The molecule has 1 fully saturated rings. The quantitative estimate of drug-likeness (QED) is 0.724. The summed E-state index contributed by atoms with van der Waals surface area (Å²) in [7, 11) is -0.868. The zero-order valence-corrected chi connectivity index (χ0v) is 15.9. The first-order valence-corrected chi connectivity index (χ1v) is 9.89. The van der Waals surface area contributed by atoms with Gasteiger partial charge in [0.2, 0.25) is 0 Å². The molecule has 1 aliphatic rings. The number of carbonyl (C=O) groups is 1. The number of esters is 1. The highest BCUT2D eigenvalue weighted by molar-refractivity contribution is 7.86. The fourth-order valence-corrected chi connectivity index (χ4v) is 4.39. The van der Waals surface area contributed by atoms with E-state index in [9.17, 15) is 13.2 Å². The van der Waals surface area contributed by atoms with Gasteiger partial charge in [-0.15, -0.1) is 0 Å². The third-order valence-corrected chi connectivity index (χ3v) is 6.52. The van der Waals surface area contributed by atoms with E-state index >= 15 is 0 Å². The molecule has 1 saturated heterocycles. The van der Waals surface area contributed by atoms with Crippen molar-refractivity contribution in [2.75, 3.05) is 40.3 Å². The number of aryl methyl sites for hydroxylation is 1. The van der Waals surface area contributed by atoms with Crippen molar-refractivity contribution in [3.8, 4) is 0 Å². The zero-order chi connectivity index (χ0) is 18.4. The van der Waals surface area contributed by atoms with E-state index in [0.717, 1.165) is 12.0 Å². The van der Waals surface area contributed by atoms with Gasteiger partial charge in [-0.1, -0.05) is 31.2 Å². The Bertz CT molecular complexity index is 676. The second kappa shape index (κ2) is 8.75. The van der Waals surface area contributed by atoms with Gasteiger partial charge in [-0.25, -0.2) is 0 Å². The van der Waals surface area contributed by atoms with Crippen molar-refractivity contribution in [1.82, 2.24) is 13.9 Å². The molecule has 8 heteroatoms. The zero-order valence-electron chi connectivity index (χ0n) is 15.1. The molecule has 1 aliphatic heterocycles. The first kappa shape index (κ1) is 19.8. The van der Waals surface area contributed by atoms with Crippen LogP contribution in [0.15, 0.2) is 24.3 Å². The number of benzene rings is 1. The van der Waals surface area contributed by atoms with Crippen molar-refractivity contribution >= 4 is 16.2 Å². The molecule has 0 spiro atoms. The lowest BCUT2D eigenvalue weighted by Crippen LogP contribution is -2.52. The summed E-state index contributed by atoms with van der Waals surface area (Å²) in [4.78, 5) is 11.3. The summed E-state index contributed by atoms with van der Waals surface area (Å²) in [5.41, 5.74) is 2.19. The van der Waals surface area contributed by atoms with Crippen LogP contribution in [0.5, 0.6) is 0 Å². The van der Waals surface area contributed by atoms with Gasteiger partial charge in [-0.2, -0.15) is 17.0 Å². The van der Waals surface area contributed by atoms with Crippen LogP contribution < -0.4 is 5.32 Å². The lowest BCUT2D eigenvalue weighted by Gasteiger charge is -2.37. The molecule has 0 aromatic heterocycles. The monoisotopic (exact) mass is 369 g/mol. The number of hydrogen-bond donors (Lipinski definition) is 1. The minimum absolute atomic E-state index is 0.0359. The molecule has 0 radical (unpaired) electrons. The van der Waals surface area contributed by atoms with Gasteiger partial charge in [-0.05, 0) is 17.5 Å². The molecule has 1 aromatic carbocycles. The Balaban J connectivity index is 2.18. The van der Waals surface area contributed by atoms with Crippen molar-refractivity contribution in [2.24, 2.45) is 0 Å². The molecule has 7 nitrogen and oxygen atoms in total. The molecule has 1 heterocycles. The largest absolute Gasteiger partial charge is 0.469 e. The SMILES string of the molecule is CCc1ccc(C2CNCCN2S(=O)(=O)N(C)CCC(=O)OC)cc1. The number of nitrogens with one attached hydrogen (secondary N) is 1. The molecule has 0 aliphatic carbocycles. The van der Waals surface area contributed by atoms with E-state index in [2.05, 4.69) is 17.0 Å². The van der Waals surface area contributed by atoms with Gasteiger partial charge in [0.15, 0.2) is 0 Å². The standard InChI is InChI=1S/C17H27N3O4S/c1-4-14-5-7-15(8-6-14)16-13-18-10-12-20(16)25(22,23)19(2)11-9-17(21)24-3/h5-8,16,18H,4,9-13H2,1-3H3. The number of rotatable bonds is 7. The Morgan fingerprint density at radius 3 is 2.64 bits per heavy atom. The molecule has 1 atom stereocenters. The Labute approximate surface area is 150 Å². The number of nitrogens with zero attached hydrogens (tertiary/aromatic N) is 2. The second-order valence-corrected chi connectivity index (χ2v) is 8.07. The van der Waals surface area contributed by atoms with Crippen LogP contribution in [0.1, 0.15) is 30.5 Å². The van der Waals surface area contributed by atoms with Gasteiger partial charge in [-0.3, -0.25) is 4.79 Å². The predicted molar refractivity (Wildman–Crippen MR) is 96.3 cm³/mol. The molecule has 140 valence electrons. The highest BCUT2D eigenvalue weighted by Crippen LogP contribution is 2.27. The average Bonchev–Trinajstić information content (AvgIpc) is 2.65. The number of hydrogen-bond acceptors (Lipinski definition) is 5. The molecule has 0 amide bonds. The Morgan fingerprint density at radius 2 is 2.04 bits per heavy atom. The van der Waals surface area contributed by atoms with Crippen LogP contribution in [0.3, 0.4) is 0 Å². The summed E-state index contributed by atoms with van der Waals surface area (Å²) in [6.45, 7) is 3.75. The summed E-state index contributed by atoms with van der Waals surface area (Å²) in [5.74, 6) is -0.422. The predicted octanol–water partition coefficient (Wildman–Crippen LogP) is 0.935. The fraction of sp³-hybridized carbons (Fsp3) is 0.588. The summed E-state index contributed by atoms with van der Waals surface area (Å²) in [5, 5.41) is 3.26. The molecule has 25 heavy (non-hydrogen) atoms. The van der Waals surface area contributed by atoms with E-state index in [4.69, 9.17) is 0 Å². The van der Waals surface area contributed by atoms with Crippen molar-refractivity contribution in [2.45, 2.75) is 25.8 Å². The number of carbonyl (C=O) groups excluding carboxylic acids is 1. The van der Waals surface area contributed by atoms with E-state index in [1.807, 2.05) is 24.3 Å². The van der Waals surface area contributed by atoms with Gasteiger partial charge in [0.1, 0.15) is 0 Å². The second-order valence-electron chi connectivity index (χ2n) is 6.08. The fourth-order valence-electron chi connectivity index (χ4n) is 2.87. The topological polar surface area (TPSA) is 79.0 Å². The van der Waals surface area contributed by atoms with Gasteiger partial charge < -0.3 is 10.1 Å². The first-order chi connectivity index (χ1) is 11.9. The number of methoxy groups -OCH3 is 1. The molecule has 1 aromatic rings. The normalized spacial score (nSPS) is 19.1. The lowest BCUT2D eigenvalue weighted by molar-refractivity contribution is -0.140. The van der Waals surface area contributed by atoms with E-state index < -0.39 is 16.2 Å². The van der Waals surface area contributed by atoms with Crippen molar-refractivity contribution in [3.05, 3.63) is 35.4 Å². The van der Waals surface area contributed by atoms with E-state index in [0.29, 0.717) is 19.6 Å². The minimum Gasteiger partial charge on any atom is -0.469 e. The molecule has 2 rings (SSSR count). The van der Waals surface area contributed by atoms with Crippen LogP contribution >= 0.6 is 0 Å². The van der Waals surface area contributed by atoms with Crippen molar-refractivity contribution in [3.63, 3.8) is 0 Å². The van der Waals surface area contributed by atoms with Crippen molar-refractivity contribution < 1.29 is 17.9 Å². The first-order valence-electron chi connectivity index (χ1n) is 8.49. The van der Waals surface area contributed by atoms with Crippen LogP contribution in [-0.2, 0) is 26.2 Å². The van der Waals surface area contributed by atoms with Crippen LogP contribution in [0.4, 0.5) is 0 Å². The Kier molecular flexibility index (Phi) is 6.95. The van der Waals surface area contributed by atoms with E-state index in [1.165, 1.54) is 28.3 Å². The van der Waals surface area contributed by atoms with Crippen LogP contribution in [0, 0.1) is 0 Å². The van der Waals surface area contributed by atoms with Crippen LogP contribution in [0.25, 0.3) is 0 Å². The third kappa shape index (κ3) is 4.78. The van der Waals surface area contributed by atoms with Crippen LogP contribution in [-0.4, -0.2) is 63.3 Å². The average molecular weight is 369 g/mol. The molecule has 1 N–H and O–H groups in total. The van der Waals surface area contributed by atoms with Gasteiger partial charge >= 0.3 is 5.97 Å². The maximum Gasteiger partial charge on any atom is 0.306 e. The molecular weight excluding hydrogens is 342 g/mol. The highest BCUT2D eigenvalue weighted by Gasteiger charge is 2.35. The Morgan fingerprint density at radius 1 is 1.36 bits per heavy atom. The molecule has 0 saturated carbocycles. The van der Waals surface area contributed by atoms with Gasteiger partial charge in [0.25, 0.3) is 10.2 Å². The molecule has 0 bridgehead atoms. The number of piperazine rings is 1. The molecular formula is C17H27N3O4S. The van der Waals surface area contributed by atoms with E-state index in [-0.39, 0.29) is 19.0 Å². The molecule has 1 unspecified atom stereocenters. The Hall–Kier alpha value is -1.48. The smallest absolute Gasteiger partial charge is 0.306 e. The minimum atomic E-state index is -3.66. The van der Waals surface area contributed by atoms with Gasteiger partial charge in [0, 0.05) is 33.2 Å². The van der Waals surface area contributed by atoms with Crippen molar-refractivity contribution in [1.29, 1.82) is 0 Å². The summed E-state index contributed by atoms with van der Waals surface area (Å²) >= 11 is 0. The summed E-state index contributed by atoms with van der Waals surface area (Å²) < 4.78 is 33.3. The maximum atomic E-state index is 13.0. The summed E-state index contributed by atoms with van der Waals surface area (Å²) in [6, 6.07) is 7.80. The van der Waals surface area contributed by atoms with E-state index in [1.54, 1.807) is 0 Å². The van der Waals surface area contributed by atoms with Gasteiger partial charge in [0.05, 0.1) is 19.6 Å².